The molecule has 1 aliphatic rings. The minimum Gasteiger partial charge on any atom is -0.296 e. The molecular weight excluding hydrogens is 300 g/mol. The Kier molecular flexibility index (Phi) is 3.60. The Labute approximate surface area is 132 Å². The molecule has 0 fully saturated rings. The van der Waals surface area contributed by atoms with Gasteiger partial charge in [0.05, 0.1) is 10.6 Å². The molecule has 7 heteroatoms. The van der Waals surface area contributed by atoms with E-state index in [9.17, 15) is 9.59 Å². The van der Waals surface area contributed by atoms with Gasteiger partial charge in [-0.15, -0.1) is 0 Å². The topological polar surface area (TPSA) is 76.9 Å². The third-order valence-corrected chi connectivity index (χ3v) is 4.71. The number of rotatable bonds is 3. The fourth-order valence-electron chi connectivity index (χ4n) is 2.59. The first-order chi connectivity index (χ1) is 10.4. The molecule has 1 aliphatic carbocycles. The lowest BCUT2D eigenvalue weighted by Gasteiger charge is -2.26. The molecular formula is C15H18N4O2S. The molecule has 2 heterocycles. The number of aryl methyl sites for hydroxylation is 1. The molecule has 1 amide bonds. The summed E-state index contributed by atoms with van der Waals surface area (Å²) < 4.78 is 1.69. The number of nitrogens with one attached hydrogen (secondary N) is 1. The van der Waals surface area contributed by atoms with E-state index in [-0.39, 0.29) is 17.1 Å². The van der Waals surface area contributed by atoms with Crippen LogP contribution in [0.15, 0.2) is 12.3 Å². The van der Waals surface area contributed by atoms with Gasteiger partial charge in [0, 0.05) is 19.2 Å². The van der Waals surface area contributed by atoms with Crippen LogP contribution in [0.2, 0.25) is 0 Å². The van der Waals surface area contributed by atoms with E-state index < -0.39 is 0 Å². The van der Waals surface area contributed by atoms with Gasteiger partial charge in [0.25, 0.3) is 5.91 Å². The highest BCUT2D eigenvalue weighted by Crippen LogP contribution is 2.38. The molecule has 6 nitrogen and oxygen atoms in total. The number of carbonyl (C=O) groups is 2. The van der Waals surface area contributed by atoms with Crippen molar-refractivity contribution in [1.82, 2.24) is 14.8 Å². The van der Waals surface area contributed by atoms with E-state index in [1.54, 1.807) is 16.9 Å². The number of carbonyl (C=O) groups excluding carboxylic acids is 2. The average Bonchev–Trinajstić information content (AvgIpc) is 3.03. The summed E-state index contributed by atoms with van der Waals surface area (Å²) in [4.78, 5) is 29.4. The average molecular weight is 318 g/mol. The fourth-order valence-corrected chi connectivity index (χ4v) is 3.51. The lowest BCUT2D eigenvalue weighted by molar-refractivity contribution is 0.0915. The van der Waals surface area contributed by atoms with Gasteiger partial charge in [-0.2, -0.15) is 5.10 Å². The maximum absolute atomic E-state index is 12.2. The smallest absolute Gasteiger partial charge is 0.277 e. The maximum Gasteiger partial charge on any atom is 0.277 e. The largest absolute Gasteiger partial charge is 0.296 e. The minimum absolute atomic E-state index is 0.0701. The lowest BCUT2D eigenvalue weighted by atomic mass is 9.78. The van der Waals surface area contributed by atoms with Gasteiger partial charge in [0.15, 0.2) is 16.6 Å². The highest BCUT2D eigenvalue weighted by atomic mass is 32.1. The number of ketones is 1. The van der Waals surface area contributed by atoms with Crippen molar-refractivity contribution in [2.24, 2.45) is 5.41 Å². The molecule has 116 valence electrons. The molecule has 0 aromatic carbocycles. The zero-order valence-electron chi connectivity index (χ0n) is 12.8. The van der Waals surface area contributed by atoms with E-state index in [0.717, 1.165) is 12.1 Å². The van der Waals surface area contributed by atoms with Crippen molar-refractivity contribution < 1.29 is 9.59 Å². The molecule has 0 aliphatic heterocycles. The van der Waals surface area contributed by atoms with Gasteiger partial charge < -0.3 is 0 Å². The monoisotopic (exact) mass is 318 g/mol. The first kappa shape index (κ1) is 14.9. The number of thiazole rings is 1. The number of fused-ring (bicyclic) bond motifs is 1. The second kappa shape index (κ2) is 5.31. The van der Waals surface area contributed by atoms with E-state index in [4.69, 9.17) is 0 Å². The molecule has 0 unspecified atom stereocenters. The van der Waals surface area contributed by atoms with E-state index >= 15 is 0 Å². The van der Waals surface area contributed by atoms with Crippen molar-refractivity contribution in [3.8, 4) is 0 Å². The van der Waals surface area contributed by atoms with Crippen LogP contribution in [0.25, 0.3) is 0 Å². The molecule has 1 N–H and O–H groups in total. The normalized spacial score (nSPS) is 16.4. The standard InChI is InChI=1S/C15H18N4O2S/c1-4-19-6-5-9(18-19)13(21)17-14-16-10-7-15(2,3)8-11(20)12(10)22-14/h5-6H,4,7-8H2,1-3H3,(H,16,17,21). The summed E-state index contributed by atoms with van der Waals surface area (Å²) in [6, 6.07) is 1.67. The Balaban J connectivity index is 1.80. The van der Waals surface area contributed by atoms with Crippen molar-refractivity contribution in [3.05, 3.63) is 28.5 Å². The lowest BCUT2D eigenvalue weighted by Crippen LogP contribution is -2.26. The molecule has 3 rings (SSSR count). The van der Waals surface area contributed by atoms with Gasteiger partial charge in [-0.3, -0.25) is 19.6 Å². The van der Waals surface area contributed by atoms with Crippen molar-refractivity contribution in [2.45, 2.75) is 40.2 Å². The van der Waals surface area contributed by atoms with Crippen molar-refractivity contribution in [3.63, 3.8) is 0 Å². The number of nitrogens with zero attached hydrogens (tertiary/aromatic N) is 3. The Bertz CT molecular complexity index is 745. The van der Waals surface area contributed by atoms with Gasteiger partial charge in [-0.1, -0.05) is 25.2 Å². The van der Waals surface area contributed by atoms with Crippen molar-refractivity contribution in [2.75, 3.05) is 5.32 Å². The third-order valence-electron chi connectivity index (χ3n) is 3.65. The van der Waals surface area contributed by atoms with Crippen LogP contribution in [0.5, 0.6) is 0 Å². The third kappa shape index (κ3) is 2.81. The summed E-state index contributed by atoms with van der Waals surface area (Å²) in [6.07, 6.45) is 3.04. The van der Waals surface area contributed by atoms with E-state index in [0.29, 0.717) is 28.7 Å². The summed E-state index contributed by atoms with van der Waals surface area (Å²) in [5.74, 6) is -0.190. The Hall–Kier alpha value is -2.02. The van der Waals surface area contributed by atoms with E-state index in [1.807, 2.05) is 6.92 Å². The summed E-state index contributed by atoms with van der Waals surface area (Å²) in [6.45, 7) is 6.78. The van der Waals surface area contributed by atoms with Gasteiger partial charge in [-0.25, -0.2) is 4.98 Å². The SMILES string of the molecule is CCn1ccc(C(=O)Nc2nc3c(s2)C(=O)CC(C)(C)C3)n1. The molecule has 2 aromatic rings. The van der Waals surface area contributed by atoms with Crippen LogP contribution >= 0.6 is 11.3 Å². The zero-order valence-corrected chi connectivity index (χ0v) is 13.7. The second-order valence-corrected chi connectivity index (χ2v) is 7.25. The van der Waals surface area contributed by atoms with Crippen LogP contribution in [-0.2, 0) is 13.0 Å². The van der Waals surface area contributed by atoms with Gasteiger partial charge in [-0.05, 0) is 24.8 Å². The van der Waals surface area contributed by atoms with Gasteiger partial charge in [0.1, 0.15) is 0 Å². The molecule has 0 saturated heterocycles. The van der Waals surface area contributed by atoms with Crippen molar-refractivity contribution in [1.29, 1.82) is 0 Å². The Morgan fingerprint density at radius 1 is 1.45 bits per heavy atom. The number of amides is 1. The van der Waals surface area contributed by atoms with E-state index in [2.05, 4.69) is 29.2 Å². The van der Waals surface area contributed by atoms with Crippen LogP contribution in [0.3, 0.4) is 0 Å². The zero-order chi connectivity index (χ0) is 15.9. The predicted octanol–water partition coefficient (Wildman–Crippen LogP) is 2.77. The summed E-state index contributed by atoms with van der Waals surface area (Å²) in [5.41, 5.74) is 1.07. The number of hydrogen-bond donors (Lipinski definition) is 1. The number of Topliss-reactive ketones (excluding diaryl/α,β-unsaturated/α-hetero) is 1. The number of aromatic nitrogens is 3. The van der Waals surface area contributed by atoms with Gasteiger partial charge in [0.2, 0.25) is 0 Å². The summed E-state index contributed by atoms with van der Waals surface area (Å²) >= 11 is 1.25. The molecule has 2 aromatic heterocycles. The first-order valence-corrected chi connectivity index (χ1v) is 8.07. The van der Waals surface area contributed by atoms with Crippen LogP contribution in [0.1, 0.15) is 53.0 Å². The Morgan fingerprint density at radius 3 is 2.91 bits per heavy atom. The quantitative estimate of drug-likeness (QED) is 0.944. The van der Waals surface area contributed by atoms with Crippen LogP contribution in [0.4, 0.5) is 5.13 Å². The van der Waals surface area contributed by atoms with Crippen molar-refractivity contribution >= 4 is 28.2 Å². The molecule has 0 atom stereocenters. The highest BCUT2D eigenvalue weighted by molar-refractivity contribution is 7.17. The fraction of sp³-hybridized carbons (Fsp3) is 0.467. The highest BCUT2D eigenvalue weighted by Gasteiger charge is 2.34. The Morgan fingerprint density at radius 2 is 2.23 bits per heavy atom. The number of anilines is 1. The molecule has 0 radical (unpaired) electrons. The first-order valence-electron chi connectivity index (χ1n) is 7.26. The second-order valence-electron chi connectivity index (χ2n) is 6.25. The summed E-state index contributed by atoms with van der Waals surface area (Å²) in [5, 5.41) is 7.37. The predicted molar refractivity (Wildman–Crippen MR) is 84.4 cm³/mol. The van der Waals surface area contributed by atoms with Gasteiger partial charge >= 0.3 is 0 Å². The van der Waals surface area contributed by atoms with E-state index in [1.165, 1.54) is 11.3 Å². The number of hydrogen-bond acceptors (Lipinski definition) is 5. The minimum atomic E-state index is -0.301. The molecule has 0 spiro atoms. The maximum atomic E-state index is 12.2. The van der Waals surface area contributed by atoms with Crippen LogP contribution in [-0.4, -0.2) is 26.5 Å². The molecule has 0 bridgehead atoms. The van der Waals surface area contributed by atoms with Crippen LogP contribution in [0, 0.1) is 5.41 Å². The van der Waals surface area contributed by atoms with Crippen LogP contribution < -0.4 is 5.32 Å². The summed E-state index contributed by atoms with van der Waals surface area (Å²) in [7, 11) is 0. The molecule has 0 saturated carbocycles. The molecule has 22 heavy (non-hydrogen) atoms.